The molecular formula is C11H16N2O. The van der Waals surface area contributed by atoms with Crippen LogP contribution in [0.2, 0.25) is 0 Å². The van der Waals surface area contributed by atoms with Gasteiger partial charge in [-0.15, -0.1) is 12.3 Å². The molecule has 0 aliphatic heterocycles. The van der Waals surface area contributed by atoms with Crippen LogP contribution in [0.1, 0.15) is 36.8 Å². The zero-order valence-electron chi connectivity index (χ0n) is 8.70. The largest absolute Gasteiger partial charge is 0.387 e. The Morgan fingerprint density at radius 1 is 1.71 bits per heavy atom. The second kappa shape index (κ2) is 4.83. The lowest BCUT2D eigenvalue weighted by molar-refractivity contribution is 0.155. The van der Waals surface area contributed by atoms with Crippen molar-refractivity contribution in [1.29, 1.82) is 0 Å². The molecule has 1 aromatic rings. The summed E-state index contributed by atoms with van der Waals surface area (Å²) in [6, 6.07) is 1.90. The number of nitrogens with zero attached hydrogens (tertiary/aromatic N) is 2. The summed E-state index contributed by atoms with van der Waals surface area (Å²) in [5, 5.41) is 14.0. The van der Waals surface area contributed by atoms with Crippen LogP contribution in [0.3, 0.4) is 0 Å². The Labute approximate surface area is 84.8 Å². The van der Waals surface area contributed by atoms with Crippen molar-refractivity contribution in [2.45, 2.75) is 32.3 Å². The molecule has 1 unspecified atom stereocenters. The Hall–Kier alpha value is -1.27. The smallest absolute Gasteiger partial charge is 0.0957 e. The van der Waals surface area contributed by atoms with Crippen LogP contribution in [0.5, 0.6) is 0 Å². The lowest BCUT2D eigenvalue weighted by Gasteiger charge is -2.09. The number of hydrogen-bond donors (Lipinski definition) is 1. The van der Waals surface area contributed by atoms with E-state index in [2.05, 4.69) is 11.0 Å². The lowest BCUT2D eigenvalue weighted by Crippen LogP contribution is -2.04. The highest BCUT2D eigenvalue weighted by molar-refractivity contribution is 5.11. The van der Waals surface area contributed by atoms with Gasteiger partial charge in [-0.3, -0.25) is 4.68 Å². The zero-order chi connectivity index (χ0) is 10.6. The molecule has 0 spiro atoms. The second-order valence-corrected chi connectivity index (χ2v) is 3.45. The van der Waals surface area contributed by atoms with Gasteiger partial charge in [0.15, 0.2) is 0 Å². The molecular weight excluding hydrogens is 176 g/mol. The third-order valence-electron chi connectivity index (χ3n) is 2.18. The molecule has 0 saturated heterocycles. The van der Waals surface area contributed by atoms with E-state index in [0.29, 0.717) is 12.8 Å². The van der Waals surface area contributed by atoms with Gasteiger partial charge in [0, 0.05) is 13.5 Å². The van der Waals surface area contributed by atoms with Crippen LogP contribution in [-0.2, 0) is 7.05 Å². The average molecular weight is 192 g/mol. The number of unbranched alkanes of at least 4 members (excludes halogenated alkanes) is 1. The van der Waals surface area contributed by atoms with Gasteiger partial charge < -0.3 is 5.11 Å². The van der Waals surface area contributed by atoms with E-state index >= 15 is 0 Å². The fourth-order valence-corrected chi connectivity index (χ4v) is 1.49. The van der Waals surface area contributed by atoms with Crippen molar-refractivity contribution in [1.82, 2.24) is 9.78 Å². The predicted molar refractivity (Wildman–Crippen MR) is 55.6 cm³/mol. The van der Waals surface area contributed by atoms with E-state index in [9.17, 15) is 5.11 Å². The fourth-order valence-electron chi connectivity index (χ4n) is 1.49. The van der Waals surface area contributed by atoms with Gasteiger partial charge >= 0.3 is 0 Å². The zero-order valence-corrected chi connectivity index (χ0v) is 8.70. The Kier molecular flexibility index (Phi) is 3.73. The first-order chi connectivity index (χ1) is 6.65. The number of rotatable bonds is 4. The van der Waals surface area contributed by atoms with Crippen molar-refractivity contribution in [3.63, 3.8) is 0 Å². The summed E-state index contributed by atoms with van der Waals surface area (Å²) in [7, 11) is 1.84. The molecule has 76 valence electrons. The molecule has 3 heteroatoms. The summed E-state index contributed by atoms with van der Waals surface area (Å²) < 4.78 is 1.72. The number of aliphatic hydroxyl groups is 1. The molecule has 0 bridgehead atoms. The summed E-state index contributed by atoms with van der Waals surface area (Å²) in [6.07, 6.45) is 6.95. The van der Waals surface area contributed by atoms with Gasteiger partial charge in [0.2, 0.25) is 0 Å². The Bertz CT molecular complexity index is 336. The topological polar surface area (TPSA) is 38.1 Å². The predicted octanol–water partition coefficient (Wildman–Crippen LogP) is 1.57. The monoisotopic (exact) mass is 192 g/mol. The van der Waals surface area contributed by atoms with E-state index in [4.69, 9.17) is 6.42 Å². The number of terminal acetylenes is 1. The van der Waals surface area contributed by atoms with Crippen molar-refractivity contribution in [3.05, 3.63) is 17.5 Å². The van der Waals surface area contributed by atoms with E-state index < -0.39 is 6.10 Å². The lowest BCUT2D eigenvalue weighted by atomic mass is 10.1. The molecule has 0 aliphatic carbocycles. The molecule has 1 atom stereocenters. The molecule has 0 saturated carbocycles. The van der Waals surface area contributed by atoms with Gasteiger partial charge in [-0.25, -0.2) is 0 Å². The van der Waals surface area contributed by atoms with E-state index in [-0.39, 0.29) is 0 Å². The molecule has 0 aromatic carbocycles. The summed E-state index contributed by atoms with van der Waals surface area (Å²) >= 11 is 0. The van der Waals surface area contributed by atoms with Gasteiger partial charge in [0.25, 0.3) is 0 Å². The minimum Gasteiger partial charge on any atom is -0.387 e. The van der Waals surface area contributed by atoms with Gasteiger partial charge in [-0.1, -0.05) is 0 Å². The SMILES string of the molecule is C#CCCCC(O)c1cc(C)nn1C. The maximum absolute atomic E-state index is 9.81. The van der Waals surface area contributed by atoms with E-state index in [0.717, 1.165) is 17.8 Å². The van der Waals surface area contributed by atoms with E-state index in [1.165, 1.54) is 0 Å². The third-order valence-corrected chi connectivity index (χ3v) is 2.18. The molecule has 14 heavy (non-hydrogen) atoms. The highest BCUT2D eigenvalue weighted by atomic mass is 16.3. The highest BCUT2D eigenvalue weighted by Gasteiger charge is 2.11. The van der Waals surface area contributed by atoms with Crippen molar-refractivity contribution < 1.29 is 5.11 Å². The molecule has 1 heterocycles. The number of hydrogen-bond acceptors (Lipinski definition) is 2. The molecule has 0 amide bonds. The van der Waals surface area contributed by atoms with Crippen LogP contribution < -0.4 is 0 Å². The van der Waals surface area contributed by atoms with Gasteiger partial charge in [0.1, 0.15) is 0 Å². The summed E-state index contributed by atoms with van der Waals surface area (Å²) in [6.45, 7) is 1.91. The van der Waals surface area contributed by atoms with Gasteiger partial charge in [0.05, 0.1) is 17.5 Å². The molecule has 1 N–H and O–H groups in total. The minimum atomic E-state index is -0.449. The maximum Gasteiger partial charge on any atom is 0.0957 e. The third kappa shape index (κ3) is 2.61. The minimum absolute atomic E-state index is 0.449. The Morgan fingerprint density at radius 3 is 2.93 bits per heavy atom. The second-order valence-electron chi connectivity index (χ2n) is 3.45. The highest BCUT2D eigenvalue weighted by Crippen LogP contribution is 2.18. The first-order valence-corrected chi connectivity index (χ1v) is 4.77. The Morgan fingerprint density at radius 2 is 2.43 bits per heavy atom. The summed E-state index contributed by atoms with van der Waals surface area (Å²) in [5.41, 5.74) is 1.79. The van der Waals surface area contributed by atoms with Crippen LogP contribution in [-0.4, -0.2) is 14.9 Å². The first-order valence-electron chi connectivity index (χ1n) is 4.77. The standard InChI is InChI=1S/C11H16N2O/c1-4-5-6-7-11(14)10-8-9(2)12-13(10)3/h1,8,11,14H,5-7H2,2-3H3. The van der Waals surface area contributed by atoms with E-state index in [1.807, 2.05) is 20.0 Å². The van der Waals surface area contributed by atoms with Crippen LogP contribution in [0.25, 0.3) is 0 Å². The molecule has 0 radical (unpaired) electrons. The van der Waals surface area contributed by atoms with Crippen molar-refractivity contribution in [3.8, 4) is 12.3 Å². The van der Waals surface area contributed by atoms with Crippen LogP contribution in [0.15, 0.2) is 6.07 Å². The number of aryl methyl sites for hydroxylation is 2. The fraction of sp³-hybridized carbons (Fsp3) is 0.545. The van der Waals surface area contributed by atoms with Crippen LogP contribution in [0.4, 0.5) is 0 Å². The van der Waals surface area contributed by atoms with Crippen molar-refractivity contribution >= 4 is 0 Å². The molecule has 1 aromatic heterocycles. The summed E-state index contributed by atoms with van der Waals surface area (Å²) in [5.74, 6) is 2.56. The molecule has 1 rings (SSSR count). The average Bonchev–Trinajstić information content (AvgIpc) is 2.45. The molecule has 3 nitrogen and oxygen atoms in total. The first kappa shape index (κ1) is 10.8. The maximum atomic E-state index is 9.81. The molecule has 0 fully saturated rings. The summed E-state index contributed by atoms with van der Waals surface area (Å²) in [4.78, 5) is 0. The van der Waals surface area contributed by atoms with Crippen molar-refractivity contribution in [2.75, 3.05) is 0 Å². The molecule has 0 aliphatic rings. The number of aromatic nitrogens is 2. The van der Waals surface area contributed by atoms with Crippen LogP contribution in [0, 0.1) is 19.3 Å². The van der Waals surface area contributed by atoms with Crippen LogP contribution >= 0.6 is 0 Å². The quantitative estimate of drug-likeness (QED) is 0.581. The van der Waals surface area contributed by atoms with Crippen molar-refractivity contribution in [2.24, 2.45) is 7.05 Å². The van der Waals surface area contributed by atoms with Gasteiger partial charge in [-0.05, 0) is 25.8 Å². The van der Waals surface area contributed by atoms with Gasteiger partial charge in [-0.2, -0.15) is 5.10 Å². The number of aliphatic hydroxyl groups excluding tert-OH is 1. The van der Waals surface area contributed by atoms with E-state index in [1.54, 1.807) is 4.68 Å². The normalized spacial score (nSPS) is 12.4. The Balaban J connectivity index is 2.56.